The normalized spacial score (nSPS) is 13.0. The van der Waals surface area contributed by atoms with Crippen LogP contribution in [0.2, 0.25) is 0 Å². The summed E-state index contributed by atoms with van der Waals surface area (Å²) in [4.78, 5) is 12.9. The molecular formula is C15H19N3O2S. The lowest BCUT2D eigenvalue weighted by molar-refractivity contribution is 0.102. The second-order valence-electron chi connectivity index (χ2n) is 5.78. The molecule has 5 nitrogen and oxygen atoms in total. The van der Waals surface area contributed by atoms with Crippen LogP contribution in [0.15, 0.2) is 41.6 Å². The van der Waals surface area contributed by atoms with Gasteiger partial charge in [-0.2, -0.15) is 5.10 Å². The molecule has 0 unspecified atom stereocenters. The summed E-state index contributed by atoms with van der Waals surface area (Å²) in [6.45, 7) is 6.06. The van der Waals surface area contributed by atoms with E-state index in [-0.39, 0.29) is 11.4 Å². The molecule has 0 saturated carbocycles. The molecule has 0 aliphatic rings. The van der Waals surface area contributed by atoms with Crippen molar-refractivity contribution in [2.24, 2.45) is 0 Å². The van der Waals surface area contributed by atoms with Gasteiger partial charge in [-0.1, -0.05) is 0 Å². The molecule has 1 N–H and O–H groups in total. The third kappa shape index (κ3) is 3.78. The average molecular weight is 305 g/mol. The molecule has 0 aliphatic heterocycles. The van der Waals surface area contributed by atoms with Crippen molar-refractivity contribution >= 4 is 22.4 Å². The van der Waals surface area contributed by atoms with E-state index in [1.807, 2.05) is 20.8 Å². The summed E-state index contributed by atoms with van der Waals surface area (Å²) in [5.74, 6) is -0.212. The largest absolute Gasteiger partial charge is 0.322 e. The summed E-state index contributed by atoms with van der Waals surface area (Å²) in [5.41, 5.74) is 1.01. The highest BCUT2D eigenvalue weighted by Crippen LogP contribution is 2.16. The van der Waals surface area contributed by atoms with E-state index in [0.717, 1.165) is 4.90 Å². The minimum Gasteiger partial charge on any atom is -0.322 e. The monoisotopic (exact) mass is 305 g/mol. The van der Waals surface area contributed by atoms with E-state index < -0.39 is 10.8 Å². The van der Waals surface area contributed by atoms with Crippen LogP contribution >= 0.6 is 0 Å². The van der Waals surface area contributed by atoms with Gasteiger partial charge in [0, 0.05) is 33.8 Å². The number of nitrogens with one attached hydrogen (secondary N) is 1. The van der Waals surface area contributed by atoms with Crippen LogP contribution in [-0.4, -0.2) is 26.2 Å². The van der Waals surface area contributed by atoms with E-state index in [2.05, 4.69) is 10.4 Å². The van der Waals surface area contributed by atoms with Crippen molar-refractivity contribution in [3.05, 3.63) is 42.2 Å². The topological polar surface area (TPSA) is 64.0 Å². The second kappa shape index (κ2) is 5.81. The van der Waals surface area contributed by atoms with Gasteiger partial charge in [0.25, 0.3) is 5.91 Å². The maximum atomic E-state index is 12.1. The van der Waals surface area contributed by atoms with Crippen LogP contribution in [-0.2, 0) is 16.3 Å². The Hall–Kier alpha value is -1.95. The predicted molar refractivity (Wildman–Crippen MR) is 84.0 cm³/mol. The molecule has 0 spiro atoms. The Labute approximate surface area is 126 Å². The van der Waals surface area contributed by atoms with E-state index in [0.29, 0.717) is 11.3 Å². The third-order valence-electron chi connectivity index (χ3n) is 2.98. The number of anilines is 1. The van der Waals surface area contributed by atoms with Crippen molar-refractivity contribution in [2.75, 3.05) is 11.6 Å². The van der Waals surface area contributed by atoms with E-state index in [4.69, 9.17) is 0 Å². The number of amides is 1. The van der Waals surface area contributed by atoms with Gasteiger partial charge < -0.3 is 5.32 Å². The first-order valence-electron chi connectivity index (χ1n) is 6.57. The lowest BCUT2D eigenvalue weighted by Crippen LogP contribution is -2.22. The van der Waals surface area contributed by atoms with E-state index >= 15 is 0 Å². The molecule has 1 heterocycles. The molecular weight excluding hydrogens is 286 g/mol. The Morgan fingerprint density at radius 3 is 2.33 bits per heavy atom. The maximum Gasteiger partial charge on any atom is 0.258 e. The first kappa shape index (κ1) is 15.4. The fourth-order valence-electron chi connectivity index (χ4n) is 1.74. The summed E-state index contributed by atoms with van der Waals surface area (Å²) in [6, 6.07) is 6.96. The first-order chi connectivity index (χ1) is 9.77. The summed E-state index contributed by atoms with van der Waals surface area (Å²) in [5, 5.41) is 7.00. The van der Waals surface area contributed by atoms with Crippen LogP contribution in [0.4, 0.5) is 5.69 Å². The zero-order chi connectivity index (χ0) is 15.6. The Balaban J connectivity index is 2.11. The number of carbonyl (C=O) groups excluding carboxylic acids is 1. The lowest BCUT2D eigenvalue weighted by Gasteiger charge is -2.18. The Morgan fingerprint density at radius 2 is 1.86 bits per heavy atom. The second-order valence-corrected chi connectivity index (χ2v) is 7.16. The number of hydrogen-bond acceptors (Lipinski definition) is 3. The number of aromatic nitrogens is 2. The lowest BCUT2D eigenvalue weighted by atomic mass is 10.1. The number of carbonyl (C=O) groups is 1. The summed E-state index contributed by atoms with van der Waals surface area (Å²) in [6.07, 6.45) is 4.90. The standard InChI is InChI=1S/C15H19N3O2S/c1-15(2,3)18-10-11(9-16-18)14(19)17-12-5-7-13(8-6-12)21(4)20/h5-10H,1-4H3,(H,17,19)/t21-/m1/s1. The molecule has 1 aromatic heterocycles. The van der Waals surface area contributed by atoms with Crippen LogP contribution in [0.5, 0.6) is 0 Å². The smallest absolute Gasteiger partial charge is 0.258 e. The quantitative estimate of drug-likeness (QED) is 0.948. The SMILES string of the molecule is C[S@@](=O)c1ccc(NC(=O)c2cnn(C(C)(C)C)c2)cc1. The molecule has 0 fully saturated rings. The minimum atomic E-state index is -1.02. The molecule has 2 rings (SSSR count). The number of rotatable bonds is 3. The number of hydrogen-bond donors (Lipinski definition) is 1. The number of benzene rings is 1. The van der Waals surface area contributed by atoms with Gasteiger partial charge in [-0.25, -0.2) is 0 Å². The summed E-state index contributed by atoms with van der Waals surface area (Å²) in [7, 11) is -1.02. The van der Waals surface area contributed by atoms with Gasteiger partial charge in [-0.05, 0) is 45.0 Å². The van der Waals surface area contributed by atoms with Gasteiger partial charge in [-0.15, -0.1) is 0 Å². The van der Waals surface area contributed by atoms with Gasteiger partial charge in [0.05, 0.1) is 17.3 Å². The molecule has 1 atom stereocenters. The zero-order valence-electron chi connectivity index (χ0n) is 12.6. The molecule has 1 amide bonds. The Bertz CT molecular complexity index is 669. The molecule has 6 heteroatoms. The van der Waals surface area contributed by atoms with Gasteiger partial charge in [0.2, 0.25) is 0 Å². The van der Waals surface area contributed by atoms with Crippen molar-refractivity contribution in [3.8, 4) is 0 Å². The molecule has 21 heavy (non-hydrogen) atoms. The van der Waals surface area contributed by atoms with Gasteiger partial charge in [0.1, 0.15) is 0 Å². The Morgan fingerprint density at radius 1 is 1.24 bits per heavy atom. The highest BCUT2D eigenvalue weighted by Gasteiger charge is 2.16. The molecule has 2 aromatic rings. The molecule has 0 radical (unpaired) electrons. The van der Waals surface area contributed by atoms with Crippen LogP contribution < -0.4 is 5.32 Å². The zero-order valence-corrected chi connectivity index (χ0v) is 13.4. The number of nitrogens with zero attached hydrogens (tertiary/aromatic N) is 2. The molecule has 0 saturated heterocycles. The fraction of sp³-hybridized carbons (Fsp3) is 0.333. The van der Waals surface area contributed by atoms with Crippen LogP contribution in [0.25, 0.3) is 0 Å². The molecule has 0 bridgehead atoms. The molecule has 112 valence electrons. The van der Waals surface area contributed by atoms with Crippen LogP contribution in [0.1, 0.15) is 31.1 Å². The third-order valence-corrected chi connectivity index (χ3v) is 3.91. The summed E-state index contributed by atoms with van der Waals surface area (Å²) < 4.78 is 13.1. The van der Waals surface area contributed by atoms with Crippen molar-refractivity contribution in [1.82, 2.24) is 9.78 Å². The van der Waals surface area contributed by atoms with Crippen LogP contribution in [0.3, 0.4) is 0 Å². The fourth-order valence-corrected chi connectivity index (χ4v) is 2.26. The van der Waals surface area contributed by atoms with E-state index in [1.54, 1.807) is 47.6 Å². The van der Waals surface area contributed by atoms with Crippen LogP contribution in [0, 0.1) is 0 Å². The predicted octanol–water partition coefficient (Wildman–Crippen LogP) is 2.63. The van der Waals surface area contributed by atoms with Crippen molar-refractivity contribution in [2.45, 2.75) is 31.2 Å². The van der Waals surface area contributed by atoms with Crippen molar-refractivity contribution in [1.29, 1.82) is 0 Å². The van der Waals surface area contributed by atoms with E-state index in [1.165, 1.54) is 0 Å². The van der Waals surface area contributed by atoms with Crippen molar-refractivity contribution < 1.29 is 9.00 Å². The Kier molecular flexibility index (Phi) is 4.27. The van der Waals surface area contributed by atoms with Gasteiger partial charge in [-0.3, -0.25) is 13.7 Å². The highest BCUT2D eigenvalue weighted by atomic mass is 32.2. The van der Waals surface area contributed by atoms with Gasteiger partial charge >= 0.3 is 0 Å². The van der Waals surface area contributed by atoms with Gasteiger partial charge in [0.15, 0.2) is 0 Å². The van der Waals surface area contributed by atoms with E-state index in [9.17, 15) is 9.00 Å². The molecule has 1 aromatic carbocycles. The molecule has 0 aliphatic carbocycles. The maximum absolute atomic E-state index is 12.1. The summed E-state index contributed by atoms with van der Waals surface area (Å²) >= 11 is 0. The van der Waals surface area contributed by atoms with Crippen molar-refractivity contribution in [3.63, 3.8) is 0 Å². The first-order valence-corrected chi connectivity index (χ1v) is 8.13. The highest BCUT2D eigenvalue weighted by molar-refractivity contribution is 7.84. The average Bonchev–Trinajstić information content (AvgIpc) is 2.88. The minimum absolute atomic E-state index is 0.161.